The lowest BCUT2D eigenvalue weighted by atomic mass is 10.1. The minimum Gasteiger partial charge on any atom is -0.367 e. The fourth-order valence-corrected chi connectivity index (χ4v) is 3.31. The van der Waals surface area contributed by atoms with E-state index in [2.05, 4.69) is 10.2 Å². The average Bonchev–Trinajstić information content (AvgIpc) is 2.63. The van der Waals surface area contributed by atoms with Crippen LogP contribution in [0.2, 0.25) is 5.02 Å². The van der Waals surface area contributed by atoms with Crippen molar-refractivity contribution in [2.45, 2.75) is 13.0 Å². The number of carbonyl (C=O) groups excluding carboxylic acids is 1. The number of piperazine rings is 1. The van der Waals surface area contributed by atoms with Crippen molar-refractivity contribution in [3.8, 4) is 0 Å². The van der Waals surface area contributed by atoms with Crippen LogP contribution < -0.4 is 10.2 Å². The maximum absolute atomic E-state index is 13.9. The second-order valence-electron chi connectivity index (χ2n) is 6.56. The van der Waals surface area contributed by atoms with Gasteiger partial charge in [-0.05, 0) is 36.8 Å². The van der Waals surface area contributed by atoms with E-state index in [1.165, 1.54) is 6.07 Å². The molecule has 2 aromatic rings. The van der Waals surface area contributed by atoms with Crippen LogP contribution in [0.1, 0.15) is 18.5 Å². The zero-order valence-corrected chi connectivity index (χ0v) is 15.5. The number of amides is 1. The second-order valence-corrected chi connectivity index (χ2v) is 6.99. The molecule has 1 amide bonds. The molecule has 138 valence electrons. The van der Waals surface area contributed by atoms with Gasteiger partial charge in [0.15, 0.2) is 0 Å². The number of hydrogen-bond acceptors (Lipinski definition) is 3. The molecule has 4 nitrogen and oxygen atoms in total. The highest BCUT2D eigenvalue weighted by Crippen LogP contribution is 2.20. The molecule has 1 aliphatic heterocycles. The quantitative estimate of drug-likeness (QED) is 0.869. The first-order valence-electron chi connectivity index (χ1n) is 8.79. The Bertz CT molecular complexity index is 745. The van der Waals surface area contributed by atoms with Crippen molar-refractivity contribution in [2.24, 2.45) is 0 Å². The largest absolute Gasteiger partial charge is 0.367 e. The molecule has 0 aliphatic carbocycles. The summed E-state index contributed by atoms with van der Waals surface area (Å²) in [6.07, 6.45) is 0. The molecular weight excluding hydrogens is 353 g/mol. The second kappa shape index (κ2) is 8.52. The van der Waals surface area contributed by atoms with Crippen LogP contribution >= 0.6 is 11.6 Å². The third-order valence-electron chi connectivity index (χ3n) is 4.68. The van der Waals surface area contributed by atoms with E-state index in [0.29, 0.717) is 30.3 Å². The molecule has 0 aromatic heterocycles. The molecule has 0 radical (unpaired) electrons. The van der Waals surface area contributed by atoms with Crippen molar-refractivity contribution in [1.82, 2.24) is 10.2 Å². The number of halogens is 2. The van der Waals surface area contributed by atoms with Crippen molar-refractivity contribution in [2.75, 3.05) is 37.6 Å². The molecule has 1 fully saturated rings. The third kappa shape index (κ3) is 4.74. The smallest absolute Gasteiger partial charge is 0.234 e. The number of nitrogens with zero attached hydrogens (tertiary/aromatic N) is 2. The molecule has 26 heavy (non-hydrogen) atoms. The minimum atomic E-state index is -0.199. The molecule has 0 saturated carbocycles. The van der Waals surface area contributed by atoms with E-state index in [1.54, 1.807) is 12.1 Å². The summed E-state index contributed by atoms with van der Waals surface area (Å²) < 4.78 is 13.9. The fraction of sp³-hybridized carbons (Fsp3) is 0.350. The molecule has 1 unspecified atom stereocenters. The number of benzene rings is 2. The molecular formula is C20H23ClFN3O. The monoisotopic (exact) mass is 375 g/mol. The minimum absolute atomic E-state index is 0.00760. The summed E-state index contributed by atoms with van der Waals surface area (Å²) in [5.74, 6) is -0.206. The molecule has 1 heterocycles. The SMILES string of the molecule is CC(NC(=O)CN1CCN(c2ccccc2F)CC1)c1ccc(Cl)cc1. The van der Waals surface area contributed by atoms with Gasteiger partial charge in [0.05, 0.1) is 18.3 Å². The highest BCUT2D eigenvalue weighted by atomic mass is 35.5. The van der Waals surface area contributed by atoms with Gasteiger partial charge in [0, 0.05) is 31.2 Å². The van der Waals surface area contributed by atoms with Crippen molar-refractivity contribution < 1.29 is 9.18 Å². The lowest BCUT2D eigenvalue weighted by molar-refractivity contribution is -0.123. The molecule has 2 aromatic carbocycles. The number of hydrogen-bond donors (Lipinski definition) is 1. The van der Waals surface area contributed by atoms with Gasteiger partial charge >= 0.3 is 0 Å². The van der Waals surface area contributed by atoms with Gasteiger partial charge in [0.1, 0.15) is 5.82 Å². The van der Waals surface area contributed by atoms with Crippen molar-refractivity contribution in [3.63, 3.8) is 0 Å². The fourth-order valence-electron chi connectivity index (χ4n) is 3.18. The Balaban J connectivity index is 1.47. The predicted octanol–water partition coefficient (Wildman–Crippen LogP) is 3.48. The summed E-state index contributed by atoms with van der Waals surface area (Å²) in [6, 6.07) is 14.2. The standard InChI is InChI=1S/C20H23ClFN3O/c1-15(16-6-8-17(21)9-7-16)23-20(26)14-24-10-12-25(13-11-24)19-5-3-2-4-18(19)22/h2-9,15H,10-14H2,1H3,(H,23,26). The maximum Gasteiger partial charge on any atom is 0.234 e. The maximum atomic E-state index is 13.9. The van der Waals surface area contributed by atoms with Crippen LogP contribution in [-0.2, 0) is 4.79 Å². The van der Waals surface area contributed by atoms with Crippen LogP contribution in [0.25, 0.3) is 0 Å². The first kappa shape index (κ1) is 18.7. The highest BCUT2D eigenvalue weighted by Gasteiger charge is 2.21. The van der Waals surface area contributed by atoms with Crippen molar-refractivity contribution in [1.29, 1.82) is 0 Å². The van der Waals surface area contributed by atoms with E-state index in [1.807, 2.05) is 42.2 Å². The summed E-state index contributed by atoms with van der Waals surface area (Å²) in [7, 11) is 0. The Kier molecular flexibility index (Phi) is 6.12. The Labute approximate surface area is 158 Å². The van der Waals surface area contributed by atoms with Crippen LogP contribution in [-0.4, -0.2) is 43.5 Å². The van der Waals surface area contributed by atoms with E-state index >= 15 is 0 Å². The summed E-state index contributed by atoms with van der Waals surface area (Å²) in [4.78, 5) is 16.4. The molecule has 1 aliphatic rings. The predicted molar refractivity (Wildman–Crippen MR) is 103 cm³/mol. The summed E-state index contributed by atoms with van der Waals surface area (Å²) in [5, 5.41) is 3.70. The lowest BCUT2D eigenvalue weighted by Crippen LogP contribution is -2.49. The molecule has 1 N–H and O–H groups in total. The summed E-state index contributed by atoms with van der Waals surface area (Å²) in [5.41, 5.74) is 1.65. The number of carbonyl (C=O) groups is 1. The van der Waals surface area contributed by atoms with Crippen LogP contribution in [0, 0.1) is 5.82 Å². The molecule has 6 heteroatoms. The normalized spacial score (nSPS) is 16.3. The first-order valence-corrected chi connectivity index (χ1v) is 9.17. The van der Waals surface area contributed by atoms with Gasteiger partial charge in [0.25, 0.3) is 0 Å². The van der Waals surface area contributed by atoms with Gasteiger partial charge < -0.3 is 10.2 Å². The van der Waals surface area contributed by atoms with Gasteiger partial charge in [-0.3, -0.25) is 9.69 Å². The Morgan fingerprint density at radius 2 is 1.77 bits per heavy atom. The Morgan fingerprint density at radius 3 is 2.42 bits per heavy atom. The molecule has 0 bridgehead atoms. The summed E-state index contributed by atoms with van der Waals surface area (Å²) in [6.45, 7) is 5.19. The topological polar surface area (TPSA) is 35.6 Å². The average molecular weight is 376 g/mol. The number of nitrogens with one attached hydrogen (secondary N) is 1. The van der Waals surface area contributed by atoms with E-state index in [9.17, 15) is 9.18 Å². The molecule has 0 spiro atoms. The van der Waals surface area contributed by atoms with Gasteiger partial charge in [-0.25, -0.2) is 4.39 Å². The number of anilines is 1. The van der Waals surface area contributed by atoms with Crippen LogP contribution in [0.5, 0.6) is 0 Å². The zero-order valence-electron chi connectivity index (χ0n) is 14.8. The first-order chi connectivity index (χ1) is 12.5. The number of rotatable bonds is 5. The van der Waals surface area contributed by atoms with Crippen LogP contribution in [0.4, 0.5) is 10.1 Å². The molecule has 1 atom stereocenters. The van der Waals surface area contributed by atoms with Gasteiger partial charge in [0.2, 0.25) is 5.91 Å². The zero-order chi connectivity index (χ0) is 18.5. The third-order valence-corrected chi connectivity index (χ3v) is 4.93. The molecule has 1 saturated heterocycles. The molecule has 3 rings (SSSR count). The van der Waals surface area contributed by atoms with Crippen LogP contribution in [0.15, 0.2) is 48.5 Å². The van der Waals surface area contributed by atoms with E-state index in [0.717, 1.165) is 18.7 Å². The van der Waals surface area contributed by atoms with Gasteiger partial charge in [-0.1, -0.05) is 35.9 Å². The summed E-state index contributed by atoms with van der Waals surface area (Å²) >= 11 is 5.90. The van der Waals surface area contributed by atoms with E-state index in [4.69, 9.17) is 11.6 Å². The number of para-hydroxylation sites is 1. The van der Waals surface area contributed by atoms with Crippen LogP contribution in [0.3, 0.4) is 0 Å². The Morgan fingerprint density at radius 1 is 1.12 bits per heavy atom. The Hall–Kier alpha value is -2.11. The highest BCUT2D eigenvalue weighted by molar-refractivity contribution is 6.30. The lowest BCUT2D eigenvalue weighted by Gasteiger charge is -2.36. The van der Waals surface area contributed by atoms with Crippen molar-refractivity contribution >= 4 is 23.2 Å². The van der Waals surface area contributed by atoms with Gasteiger partial charge in [-0.2, -0.15) is 0 Å². The van der Waals surface area contributed by atoms with E-state index in [-0.39, 0.29) is 17.8 Å². The van der Waals surface area contributed by atoms with Crippen molar-refractivity contribution in [3.05, 3.63) is 64.9 Å². The van der Waals surface area contributed by atoms with E-state index < -0.39 is 0 Å². The van der Waals surface area contributed by atoms with Gasteiger partial charge in [-0.15, -0.1) is 0 Å².